The number of rotatable bonds is 14. The molecule has 4 heterocycles. The highest BCUT2D eigenvalue weighted by molar-refractivity contribution is 8.13. The number of carbonyl (C=O) groups is 3. The molecule has 472 valence electrons. The Balaban J connectivity index is 0. The molecule has 6 rings (SSSR count). The Kier molecular flexibility index (Phi) is 37.1. The number of amides is 3. The topological polar surface area (TPSA) is 205 Å². The lowest BCUT2D eigenvalue weighted by molar-refractivity contribution is 0.0170. The molecular formula is C59H108Cl2N6O12S2. The summed E-state index contributed by atoms with van der Waals surface area (Å²) < 4.78 is 67.2. The smallest absolute Gasteiger partial charge is 0.410 e. The lowest BCUT2D eigenvalue weighted by Crippen LogP contribution is -2.45. The number of aliphatic hydroxyl groups excluding tert-OH is 1. The van der Waals surface area contributed by atoms with E-state index in [0.717, 1.165) is 75.5 Å². The largest absolute Gasteiger partial charge is 0.444 e. The minimum absolute atomic E-state index is 0. The molecule has 18 nitrogen and oxygen atoms in total. The highest BCUT2D eigenvalue weighted by atomic mass is 35.7. The fourth-order valence-electron chi connectivity index (χ4n) is 8.87. The number of benzene rings is 2. The van der Waals surface area contributed by atoms with E-state index in [9.17, 15) is 31.2 Å². The van der Waals surface area contributed by atoms with E-state index < -0.39 is 42.1 Å². The zero-order valence-electron chi connectivity index (χ0n) is 50.3. The number of aryl methyl sites for hydroxylation is 2. The van der Waals surface area contributed by atoms with Crippen LogP contribution in [0.2, 0.25) is 0 Å². The maximum Gasteiger partial charge on any atom is 0.410 e. The van der Waals surface area contributed by atoms with Crippen molar-refractivity contribution in [2.24, 2.45) is 0 Å². The highest BCUT2D eigenvalue weighted by Gasteiger charge is 2.35. The lowest BCUT2D eigenvalue weighted by Gasteiger charge is -2.31. The molecule has 4 aliphatic heterocycles. The summed E-state index contributed by atoms with van der Waals surface area (Å²) in [5, 5.41) is 12.5. The third-order valence-corrected chi connectivity index (χ3v) is 15.8. The third kappa shape index (κ3) is 31.3. The molecule has 0 aliphatic carbocycles. The van der Waals surface area contributed by atoms with Crippen molar-refractivity contribution in [1.82, 2.24) is 29.8 Å². The number of likely N-dealkylation sites (N-methyl/N-ethyl adjacent to an activating group) is 2. The van der Waals surface area contributed by atoms with E-state index in [4.69, 9.17) is 34.2 Å². The molecule has 0 spiro atoms. The molecule has 3 amide bonds. The quantitative estimate of drug-likeness (QED) is 0.103. The van der Waals surface area contributed by atoms with E-state index in [-0.39, 0.29) is 74.5 Å². The van der Waals surface area contributed by atoms with Crippen LogP contribution in [0.4, 0.5) is 14.4 Å². The van der Waals surface area contributed by atoms with Crippen LogP contribution in [0.15, 0.2) is 58.3 Å². The van der Waals surface area contributed by atoms with Gasteiger partial charge in [0.1, 0.15) is 16.8 Å². The molecule has 4 saturated heterocycles. The maximum absolute atomic E-state index is 12.2. The number of halogens is 2. The zero-order valence-corrected chi connectivity index (χ0v) is 53.6. The fraction of sp³-hybridized carbons (Fsp3) is 0.746. The summed E-state index contributed by atoms with van der Waals surface area (Å²) in [6, 6.07) is 13.6. The van der Waals surface area contributed by atoms with E-state index >= 15 is 0 Å². The van der Waals surface area contributed by atoms with Gasteiger partial charge in [-0.3, -0.25) is 4.18 Å². The standard InChI is InChI=1S/C17H25NO5S.C14H28N2O2.C10H19NO3.C9H20N2.C7H7ClO2S.2CH4.ClH/c1-13-7-9-15(10-8-13)24(20,21)22-12-14-6-5-11-18(14)16(19)23-17(2,3)4;1-6-15(7-2)11-12-9-8-10-16(12)13(17)18-14(3,4)5;1-10(2,3)14-9(13)11-6-4-5-8(11)7-12;1-3-11(4-2)8-9-6-5-7-10-9;1-6-2-4-7(5-3-6)11(8,9)10;;;/h7-10,14H,5-6,11-12H2,1-4H3;12H,6-11H2,1-5H3;8,12H,4-7H2,1-3H3;9-10H,3-8H2,1-2H3;2-5H,1H3;2*1H4;1H/t14-;12-;8-;9-;;;;/m1111..../s1. The molecule has 0 radical (unpaired) electrons. The number of hydrogen-bond acceptors (Lipinski definition) is 15. The number of hydrogen-bond donors (Lipinski definition) is 2. The number of aliphatic hydroxyl groups is 1. The van der Waals surface area contributed by atoms with E-state index in [1.807, 2.05) is 60.3 Å². The molecule has 2 aromatic carbocycles. The minimum atomic E-state index is -3.83. The molecular weight excluding hydrogens is 1120 g/mol. The van der Waals surface area contributed by atoms with Gasteiger partial charge in [0.15, 0.2) is 0 Å². The van der Waals surface area contributed by atoms with Crippen LogP contribution < -0.4 is 5.32 Å². The molecule has 22 heteroatoms. The average Bonchev–Trinajstić information content (AvgIpc) is 4.20. The summed E-state index contributed by atoms with van der Waals surface area (Å²) in [7, 11) is -2.29. The fourth-order valence-corrected chi connectivity index (χ4v) is 10.6. The van der Waals surface area contributed by atoms with Crippen LogP contribution in [0.1, 0.15) is 167 Å². The Hall–Kier alpha value is -3.47. The first-order valence-electron chi connectivity index (χ1n) is 28.0. The Labute approximate surface area is 501 Å². The maximum atomic E-state index is 12.2. The first-order valence-corrected chi connectivity index (χ1v) is 31.7. The first kappa shape index (κ1) is 79.6. The van der Waals surface area contributed by atoms with E-state index in [1.165, 1.54) is 63.3 Å². The van der Waals surface area contributed by atoms with Gasteiger partial charge >= 0.3 is 18.3 Å². The Morgan fingerprint density at radius 3 is 1.30 bits per heavy atom. The number of carbonyl (C=O) groups excluding carboxylic acids is 3. The third-order valence-electron chi connectivity index (χ3n) is 13.2. The Morgan fingerprint density at radius 1 is 0.580 bits per heavy atom. The second-order valence-electron chi connectivity index (χ2n) is 23.2. The number of nitrogens with one attached hydrogen (secondary N) is 1. The molecule has 2 N–H and O–H groups in total. The summed E-state index contributed by atoms with van der Waals surface area (Å²) in [5.74, 6) is 0. The normalized spacial score (nSPS) is 18.9. The van der Waals surface area contributed by atoms with Gasteiger partial charge in [-0.1, -0.05) is 77.9 Å². The zero-order chi connectivity index (χ0) is 59.1. The summed E-state index contributed by atoms with van der Waals surface area (Å²) in [6.07, 6.45) is 7.34. The summed E-state index contributed by atoms with van der Waals surface area (Å²) in [4.78, 5) is 46.1. The molecule has 0 aromatic heterocycles. The van der Waals surface area contributed by atoms with Crippen LogP contribution in [0.25, 0.3) is 0 Å². The number of ether oxygens (including phenoxy) is 3. The van der Waals surface area contributed by atoms with Gasteiger partial charge in [0, 0.05) is 55.5 Å². The Bertz CT molecular complexity index is 2300. The molecule has 4 fully saturated rings. The summed E-state index contributed by atoms with van der Waals surface area (Å²) in [6.45, 7) is 39.2. The van der Waals surface area contributed by atoms with E-state index in [1.54, 1.807) is 54.8 Å². The van der Waals surface area contributed by atoms with Crippen LogP contribution in [-0.4, -0.2) is 184 Å². The Morgan fingerprint density at radius 2 is 0.938 bits per heavy atom. The molecule has 81 heavy (non-hydrogen) atoms. The molecule has 4 atom stereocenters. The van der Waals surface area contributed by atoms with Crippen molar-refractivity contribution < 1.29 is 54.7 Å². The van der Waals surface area contributed by atoms with Crippen molar-refractivity contribution in [1.29, 1.82) is 0 Å². The second kappa shape index (κ2) is 37.8. The van der Waals surface area contributed by atoms with Gasteiger partial charge in [-0.05, 0) is 185 Å². The van der Waals surface area contributed by atoms with Gasteiger partial charge in [-0.2, -0.15) is 8.42 Å². The van der Waals surface area contributed by atoms with Crippen LogP contribution >= 0.6 is 23.1 Å². The van der Waals surface area contributed by atoms with Crippen molar-refractivity contribution in [3.8, 4) is 0 Å². The van der Waals surface area contributed by atoms with Gasteiger partial charge in [-0.15, -0.1) is 12.4 Å². The number of nitrogens with zero attached hydrogens (tertiary/aromatic N) is 5. The van der Waals surface area contributed by atoms with Gasteiger partial charge in [0.2, 0.25) is 0 Å². The molecule has 2 aromatic rings. The van der Waals surface area contributed by atoms with Gasteiger partial charge in [0.05, 0.1) is 35.1 Å². The highest BCUT2D eigenvalue weighted by Crippen LogP contribution is 2.25. The average molecular weight is 1230 g/mol. The lowest BCUT2D eigenvalue weighted by atomic mass is 10.2. The first-order chi connectivity index (χ1) is 36.3. The van der Waals surface area contributed by atoms with E-state index in [2.05, 4.69) is 42.8 Å². The van der Waals surface area contributed by atoms with Crippen LogP contribution in [0, 0.1) is 13.8 Å². The van der Waals surface area contributed by atoms with Crippen molar-refractivity contribution >= 4 is 60.5 Å². The molecule has 0 bridgehead atoms. The minimum Gasteiger partial charge on any atom is -0.444 e. The van der Waals surface area contributed by atoms with Crippen molar-refractivity contribution in [3.05, 3.63) is 59.7 Å². The molecule has 0 saturated carbocycles. The SMILES string of the molecule is C.C.CC(C)(C)OC(=O)N1CCC[C@@H]1CO.CCN(CC)C[C@H]1CCCN1.CCN(CC)C[C@H]1CCCN1C(=O)OC(C)(C)C.Cc1ccc(S(=O)(=O)Cl)cc1.Cc1ccc(S(=O)(=O)OC[C@H]2CCCN2C(=O)OC(C)(C)C)cc1.Cl. The second-order valence-corrected chi connectivity index (χ2v) is 27.3. The van der Waals surface area contributed by atoms with Crippen molar-refractivity contribution in [3.63, 3.8) is 0 Å². The van der Waals surface area contributed by atoms with E-state index in [0.29, 0.717) is 25.6 Å². The predicted octanol–water partition coefficient (Wildman–Crippen LogP) is 11.9. The summed E-state index contributed by atoms with van der Waals surface area (Å²) >= 11 is 0. The van der Waals surface area contributed by atoms with Crippen LogP contribution in [-0.2, 0) is 37.6 Å². The van der Waals surface area contributed by atoms with Crippen LogP contribution in [0.3, 0.4) is 0 Å². The molecule has 4 aliphatic rings. The number of likely N-dealkylation sites (tertiary alicyclic amines) is 3. The monoisotopic (exact) mass is 1230 g/mol. The van der Waals surface area contributed by atoms with Gasteiger partial charge in [0.25, 0.3) is 19.2 Å². The van der Waals surface area contributed by atoms with Crippen LogP contribution in [0.5, 0.6) is 0 Å². The molecule has 0 unspecified atom stereocenters. The van der Waals surface area contributed by atoms with Gasteiger partial charge < -0.3 is 49.1 Å². The predicted molar refractivity (Wildman–Crippen MR) is 331 cm³/mol. The summed E-state index contributed by atoms with van der Waals surface area (Å²) in [5.41, 5.74) is 0.535. The van der Waals surface area contributed by atoms with Crippen molar-refractivity contribution in [2.75, 3.05) is 78.7 Å². The van der Waals surface area contributed by atoms with Gasteiger partial charge in [-0.25, -0.2) is 22.8 Å². The van der Waals surface area contributed by atoms with Crippen molar-refractivity contribution in [2.45, 2.75) is 221 Å².